The summed E-state index contributed by atoms with van der Waals surface area (Å²) in [5.41, 5.74) is 1.90. The smallest absolute Gasteiger partial charge is 0.369 e. The van der Waals surface area contributed by atoms with E-state index in [-0.39, 0.29) is 17.8 Å². The van der Waals surface area contributed by atoms with Gasteiger partial charge < -0.3 is 15.1 Å². The summed E-state index contributed by atoms with van der Waals surface area (Å²) in [5, 5.41) is 3.34. The fourth-order valence-electron chi connectivity index (χ4n) is 9.60. The zero-order valence-corrected chi connectivity index (χ0v) is 27.3. The lowest BCUT2D eigenvalue weighted by molar-refractivity contribution is -0.137. The van der Waals surface area contributed by atoms with Crippen molar-refractivity contribution >= 4 is 34.9 Å². The summed E-state index contributed by atoms with van der Waals surface area (Å²) >= 11 is 0. The Kier molecular flexibility index (Phi) is 7.20. The van der Waals surface area contributed by atoms with Gasteiger partial charge in [-0.15, -0.1) is 0 Å². The molecule has 47 heavy (non-hydrogen) atoms. The number of amides is 2. The number of aryl methyl sites for hydroxylation is 2. The van der Waals surface area contributed by atoms with Gasteiger partial charge in [0.2, 0.25) is 5.95 Å². The molecule has 0 atom stereocenters. The molecule has 9 rings (SSSR count). The fraction of sp³-hybridized carbons (Fsp3) is 0.528. The SMILES string of the molecule is Cc1ccc(C)c(C(F)(F)F)c1N1Cc2cnc(Nc3ccc(N4CCN(C)CC4)cc3)nc2N(C23CC4CC(CC(C4)C2)C3)C1=O. The van der Waals surface area contributed by atoms with Gasteiger partial charge >= 0.3 is 12.2 Å². The number of halogens is 3. The highest BCUT2D eigenvalue weighted by Crippen LogP contribution is 2.59. The maximum absolute atomic E-state index is 14.8. The van der Waals surface area contributed by atoms with Crippen LogP contribution in [0.5, 0.6) is 0 Å². The van der Waals surface area contributed by atoms with Crippen LogP contribution < -0.4 is 20.0 Å². The molecule has 8 nitrogen and oxygen atoms in total. The van der Waals surface area contributed by atoms with Gasteiger partial charge in [-0.25, -0.2) is 9.78 Å². The van der Waals surface area contributed by atoms with Crippen molar-refractivity contribution in [2.45, 2.75) is 70.6 Å². The molecule has 1 N–H and O–H groups in total. The Morgan fingerprint density at radius 1 is 0.872 bits per heavy atom. The lowest BCUT2D eigenvalue weighted by Gasteiger charge is -2.61. The van der Waals surface area contributed by atoms with Crippen LogP contribution in [0.2, 0.25) is 0 Å². The number of fused-ring (bicyclic) bond motifs is 1. The molecule has 1 saturated heterocycles. The first-order chi connectivity index (χ1) is 22.5. The van der Waals surface area contributed by atoms with Crippen LogP contribution in [0.4, 0.5) is 46.8 Å². The Balaban J connectivity index is 1.17. The minimum Gasteiger partial charge on any atom is -0.369 e. The van der Waals surface area contributed by atoms with Crippen LogP contribution >= 0.6 is 0 Å². The van der Waals surface area contributed by atoms with Gasteiger partial charge in [0.15, 0.2) is 0 Å². The summed E-state index contributed by atoms with van der Waals surface area (Å²) in [4.78, 5) is 32.3. The van der Waals surface area contributed by atoms with Crippen LogP contribution in [0.15, 0.2) is 42.6 Å². The molecular formula is C36H42F3N7O. The number of piperazine rings is 1. The molecule has 4 aliphatic carbocycles. The molecule has 0 spiro atoms. The van der Waals surface area contributed by atoms with Crippen molar-refractivity contribution in [1.82, 2.24) is 14.9 Å². The second kappa shape index (κ2) is 11.1. The molecule has 2 amide bonds. The van der Waals surface area contributed by atoms with E-state index >= 15 is 0 Å². The number of carbonyl (C=O) groups excluding carboxylic acids is 1. The largest absolute Gasteiger partial charge is 0.418 e. The van der Waals surface area contributed by atoms with Crippen LogP contribution in [-0.4, -0.2) is 59.7 Å². The Bertz CT molecular complexity index is 1660. The number of anilines is 5. The maximum atomic E-state index is 14.8. The first-order valence-electron chi connectivity index (χ1n) is 16.9. The third-order valence-electron chi connectivity index (χ3n) is 11.4. The molecule has 6 aliphatic rings. The highest BCUT2D eigenvalue weighted by Gasteiger charge is 2.57. The van der Waals surface area contributed by atoms with E-state index < -0.39 is 23.3 Å². The van der Waals surface area contributed by atoms with Gasteiger partial charge in [0.25, 0.3) is 0 Å². The highest BCUT2D eigenvalue weighted by atomic mass is 19.4. The number of urea groups is 1. The van der Waals surface area contributed by atoms with Gasteiger partial charge in [0, 0.05) is 49.3 Å². The third-order valence-corrected chi connectivity index (χ3v) is 11.4. The second-order valence-corrected chi connectivity index (χ2v) is 14.8. The number of hydrogen-bond acceptors (Lipinski definition) is 6. The minimum absolute atomic E-state index is 0.0234. The number of nitrogens with one attached hydrogen (secondary N) is 1. The van der Waals surface area contributed by atoms with Crippen molar-refractivity contribution in [1.29, 1.82) is 0 Å². The Morgan fingerprint density at radius 2 is 1.49 bits per heavy atom. The predicted octanol–water partition coefficient (Wildman–Crippen LogP) is 7.52. The molecule has 3 heterocycles. The average Bonchev–Trinajstić information content (AvgIpc) is 3.01. The molecule has 0 radical (unpaired) electrons. The number of rotatable bonds is 5. The van der Waals surface area contributed by atoms with E-state index in [0.717, 1.165) is 51.1 Å². The van der Waals surface area contributed by atoms with Crippen LogP contribution in [0, 0.1) is 31.6 Å². The number of aromatic nitrogens is 2. The van der Waals surface area contributed by atoms with E-state index in [1.54, 1.807) is 19.2 Å². The van der Waals surface area contributed by atoms with E-state index in [1.807, 2.05) is 17.0 Å². The van der Waals surface area contributed by atoms with Gasteiger partial charge in [-0.1, -0.05) is 12.1 Å². The molecule has 3 aromatic rings. The van der Waals surface area contributed by atoms with Gasteiger partial charge in [-0.3, -0.25) is 9.80 Å². The summed E-state index contributed by atoms with van der Waals surface area (Å²) in [5.74, 6) is 2.47. The van der Waals surface area contributed by atoms with E-state index in [9.17, 15) is 18.0 Å². The van der Waals surface area contributed by atoms with E-state index in [4.69, 9.17) is 4.98 Å². The molecule has 248 valence electrons. The number of carbonyl (C=O) groups is 1. The first-order valence-corrected chi connectivity index (χ1v) is 16.9. The maximum Gasteiger partial charge on any atom is 0.418 e. The standard InChI is InChI=1S/C36H42F3N7O/c1-22-4-5-23(2)31(30(22)36(37,38)39)45-21-27-20-40-33(41-28-6-8-29(9-7-28)44-12-10-43(3)11-13-44)42-32(27)46(34(45)47)35-17-24-14-25(18-35)16-26(15-24)19-35/h4-9,20,24-26H,10-19,21H2,1-3H3,(H,40,41,42). The number of alkyl halides is 3. The first kappa shape index (κ1) is 30.5. The Morgan fingerprint density at radius 3 is 2.11 bits per heavy atom. The molecule has 4 bridgehead atoms. The zero-order chi connectivity index (χ0) is 32.7. The lowest BCUT2D eigenvalue weighted by Crippen LogP contribution is -2.66. The quantitative estimate of drug-likeness (QED) is 0.310. The monoisotopic (exact) mass is 645 g/mol. The third kappa shape index (κ3) is 5.30. The molecule has 2 aromatic carbocycles. The van der Waals surface area contributed by atoms with Crippen molar-refractivity contribution in [3.8, 4) is 0 Å². The van der Waals surface area contributed by atoms with Crippen molar-refractivity contribution < 1.29 is 18.0 Å². The Hall–Kier alpha value is -3.86. The van der Waals surface area contributed by atoms with Crippen molar-refractivity contribution in [2.75, 3.05) is 53.2 Å². The van der Waals surface area contributed by atoms with Crippen molar-refractivity contribution in [3.05, 3.63) is 64.8 Å². The van der Waals surface area contributed by atoms with E-state index in [0.29, 0.717) is 40.6 Å². The molecule has 2 aliphatic heterocycles. The summed E-state index contributed by atoms with van der Waals surface area (Å²) in [7, 11) is 2.14. The van der Waals surface area contributed by atoms with Gasteiger partial charge in [-0.05, 0) is 113 Å². The number of hydrogen-bond donors (Lipinski definition) is 1. The van der Waals surface area contributed by atoms with Crippen LogP contribution in [0.1, 0.15) is 60.8 Å². The van der Waals surface area contributed by atoms with E-state index in [2.05, 4.69) is 39.3 Å². The average molecular weight is 646 g/mol. The second-order valence-electron chi connectivity index (χ2n) is 14.8. The number of nitrogens with zero attached hydrogens (tertiary/aromatic N) is 6. The molecule has 0 unspecified atom stereocenters. The van der Waals surface area contributed by atoms with Gasteiger partial charge in [-0.2, -0.15) is 18.2 Å². The highest BCUT2D eigenvalue weighted by molar-refractivity contribution is 6.07. The molecule has 4 saturated carbocycles. The molecule has 5 fully saturated rings. The van der Waals surface area contributed by atoms with E-state index in [1.165, 1.54) is 42.8 Å². The number of likely N-dealkylation sites (N-methyl/N-ethyl adjacent to an activating group) is 1. The topological polar surface area (TPSA) is 67.8 Å². The molecular weight excluding hydrogens is 603 g/mol. The fourth-order valence-corrected chi connectivity index (χ4v) is 9.60. The zero-order valence-electron chi connectivity index (χ0n) is 27.3. The normalized spacial score (nSPS) is 27.4. The van der Waals surface area contributed by atoms with Crippen molar-refractivity contribution in [2.24, 2.45) is 17.8 Å². The summed E-state index contributed by atoms with van der Waals surface area (Å²) in [6.07, 6.45) is 3.18. The van der Waals surface area contributed by atoms with Crippen LogP contribution in [-0.2, 0) is 12.7 Å². The lowest BCUT2D eigenvalue weighted by atomic mass is 9.52. The minimum atomic E-state index is -4.61. The Labute approximate surface area is 274 Å². The van der Waals surface area contributed by atoms with Gasteiger partial charge in [0.05, 0.1) is 23.3 Å². The predicted molar refractivity (Wildman–Crippen MR) is 177 cm³/mol. The van der Waals surface area contributed by atoms with Gasteiger partial charge in [0.1, 0.15) is 5.82 Å². The summed E-state index contributed by atoms with van der Waals surface area (Å²) in [6.45, 7) is 7.11. The van der Waals surface area contributed by atoms with Crippen molar-refractivity contribution in [3.63, 3.8) is 0 Å². The van der Waals surface area contributed by atoms with Crippen LogP contribution in [0.25, 0.3) is 0 Å². The van der Waals surface area contributed by atoms with Crippen LogP contribution in [0.3, 0.4) is 0 Å². The molecule has 11 heteroatoms. The molecule has 1 aromatic heterocycles. The summed E-state index contributed by atoms with van der Waals surface area (Å²) < 4.78 is 43.8. The summed E-state index contributed by atoms with van der Waals surface area (Å²) in [6, 6.07) is 11.0. The number of benzene rings is 2.